The molecule has 0 unspecified atom stereocenters. The molecular weight excluding hydrogens is 296 g/mol. The number of carbonyl (C=O) groups is 1. The number of nitrogens with zero attached hydrogens (tertiary/aromatic N) is 4. The van der Waals surface area contributed by atoms with E-state index in [4.69, 9.17) is 4.74 Å². The Morgan fingerprint density at radius 1 is 1.29 bits per heavy atom. The minimum absolute atomic E-state index is 0.201. The van der Waals surface area contributed by atoms with Crippen molar-refractivity contribution in [3.05, 3.63) is 35.9 Å². The van der Waals surface area contributed by atoms with Gasteiger partial charge in [-0.3, -0.25) is 4.79 Å². The summed E-state index contributed by atoms with van der Waals surface area (Å²) in [5, 5.41) is 10.00. The molecule has 21 heavy (non-hydrogen) atoms. The van der Waals surface area contributed by atoms with Crippen LogP contribution >= 0.6 is 0 Å². The molecular formula is C12H14N4O4S. The quantitative estimate of drug-likeness (QED) is 0.702. The lowest BCUT2D eigenvalue weighted by Crippen LogP contribution is -2.20. The molecule has 8 nitrogen and oxygen atoms in total. The van der Waals surface area contributed by atoms with Crippen molar-refractivity contribution < 1.29 is 17.9 Å². The second-order valence-corrected chi connectivity index (χ2v) is 6.05. The van der Waals surface area contributed by atoms with E-state index in [1.54, 1.807) is 37.3 Å². The van der Waals surface area contributed by atoms with Crippen LogP contribution in [0.4, 0.5) is 0 Å². The highest BCUT2D eigenvalue weighted by atomic mass is 32.2. The molecule has 0 atom stereocenters. The third kappa shape index (κ3) is 3.85. The number of esters is 1. The van der Waals surface area contributed by atoms with Gasteiger partial charge in [-0.15, -0.1) is 0 Å². The summed E-state index contributed by atoms with van der Waals surface area (Å²) >= 11 is 0. The summed E-state index contributed by atoms with van der Waals surface area (Å²) in [6, 6.07) is 8.66. The molecule has 0 aliphatic heterocycles. The summed E-state index contributed by atoms with van der Waals surface area (Å²) in [6.07, 6.45) is 0. The maximum Gasteiger partial charge on any atom is 0.327 e. The summed E-state index contributed by atoms with van der Waals surface area (Å²) in [5.41, 5.74) is 0.614. The van der Waals surface area contributed by atoms with E-state index >= 15 is 0 Å². The fourth-order valence-electron chi connectivity index (χ4n) is 1.71. The van der Waals surface area contributed by atoms with Crippen molar-refractivity contribution in [2.75, 3.05) is 6.61 Å². The Balaban J connectivity index is 2.21. The van der Waals surface area contributed by atoms with E-state index in [2.05, 4.69) is 15.5 Å². The SMILES string of the molecule is CCOC(=O)Cn1nnnc1S(=O)(=O)Cc1ccccc1. The van der Waals surface area contributed by atoms with Gasteiger partial charge in [-0.25, -0.2) is 13.1 Å². The second kappa shape index (κ2) is 6.44. The molecule has 0 fully saturated rings. The first-order valence-corrected chi connectivity index (χ1v) is 7.86. The zero-order valence-corrected chi connectivity index (χ0v) is 12.2. The minimum Gasteiger partial charge on any atom is -0.465 e. The Morgan fingerprint density at radius 3 is 2.67 bits per heavy atom. The van der Waals surface area contributed by atoms with Gasteiger partial charge in [0.2, 0.25) is 9.84 Å². The van der Waals surface area contributed by atoms with Crippen molar-refractivity contribution in [2.45, 2.75) is 24.4 Å². The summed E-state index contributed by atoms with van der Waals surface area (Å²) in [7, 11) is -3.74. The summed E-state index contributed by atoms with van der Waals surface area (Å²) in [4.78, 5) is 11.4. The molecule has 0 aliphatic rings. The van der Waals surface area contributed by atoms with Crippen LogP contribution in [-0.4, -0.2) is 41.2 Å². The highest BCUT2D eigenvalue weighted by Crippen LogP contribution is 2.13. The number of rotatable bonds is 6. The lowest BCUT2D eigenvalue weighted by molar-refractivity contribution is -0.144. The van der Waals surface area contributed by atoms with Gasteiger partial charge < -0.3 is 4.74 Å². The molecule has 0 bridgehead atoms. The molecule has 0 spiro atoms. The van der Waals surface area contributed by atoms with Gasteiger partial charge in [0.05, 0.1) is 12.4 Å². The molecule has 0 saturated carbocycles. The van der Waals surface area contributed by atoms with E-state index in [0.717, 1.165) is 4.68 Å². The van der Waals surface area contributed by atoms with Gasteiger partial charge in [-0.1, -0.05) is 35.4 Å². The number of benzene rings is 1. The summed E-state index contributed by atoms with van der Waals surface area (Å²) < 4.78 is 30.3. The number of tetrazole rings is 1. The molecule has 9 heteroatoms. The Hall–Kier alpha value is -2.29. The van der Waals surface area contributed by atoms with E-state index in [0.29, 0.717) is 5.56 Å². The van der Waals surface area contributed by atoms with Crippen molar-refractivity contribution in [1.82, 2.24) is 20.2 Å². The molecule has 2 aromatic rings. The van der Waals surface area contributed by atoms with E-state index in [1.165, 1.54) is 0 Å². The fourth-order valence-corrected chi connectivity index (χ4v) is 3.05. The van der Waals surface area contributed by atoms with E-state index in [-0.39, 0.29) is 24.1 Å². The molecule has 0 amide bonds. The number of hydrogen-bond donors (Lipinski definition) is 0. The molecule has 0 aliphatic carbocycles. The van der Waals surface area contributed by atoms with Gasteiger partial charge in [0, 0.05) is 0 Å². The van der Waals surface area contributed by atoms with Crippen LogP contribution in [0, 0.1) is 0 Å². The predicted molar refractivity (Wildman–Crippen MR) is 71.8 cm³/mol. The minimum atomic E-state index is -3.74. The van der Waals surface area contributed by atoms with Crippen molar-refractivity contribution >= 4 is 15.8 Å². The molecule has 0 radical (unpaired) electrons. The standard InChI is InChI=1S/C12H14N4O4S/c1-2-20-11(17)8-16-12(13-14-15-16)21(18,19)9-10-6-4-3-5-7-10/h3-7H,2,8-9H2,1H3. The van der Waals surface area contributed by atoms with Gasteiger partial charge in [-0.2, -0.15) is 0 Å². The topological polar surface area (TPSA) is 104 Å². The van der Waals surface area contributed by atoms with Crippen LogP contribution in [0.2, 0.25) is 0 Å². The van der Waals surface area contributed by atoms with Crippen LogP contribution in [0.15, 0.2) is 35.5 Å². The number of hydrogen-bond acceptors (Lipinski definition) is 7. The largest absolute Gasteiger partial charge is 0.465 e. The maximum atomic E-state index is 12.3. The van der Waals surface area contributed by atoms with Crippen molar-refractivity contribution in [2.24, 2.45) is 0 Å². The number of ether oxygens (including phenoxy) is 1. The zero-order chi connectivity index (χ0) is 15.3. The fraction of sp³-hybridized carbons (Fsp3) is 0.333. The summed E-state index contributed by atoms with van der Waals surface area (Å²) in [5.74, 6) is -0.835. The van der Waals surface area contributed by atoms with Gasteiger partial charge in [0.25, 0.3) is 5.16 Å². The highest BCUT2D eigenvalue weighted by Gasteiger charge is 2.24. The molecule has 112 valence electrons. The lowest BCUT2D eigenvalue weighted by atomic mass is 10.2. The average Bonchev–Trinajstić information content (AvgIpc) is 2.88. The first kappa shape index (κ1) is 15.1. The molecule has 1 aromatic heterocycles. The van der Waals surface area contributed by atoms with Crippen LogP contribution < -0.4 is 0 Å². The predicted octanol–water partition coefficient (Wildman–Crippen LogP) is 0.210. The molecule has 0 N–H and O–H groups in total. The average molecular weight is 310 g/mol. The Labute approximate surface area is 121 Å². The Morgan fingerprint density at radius 2 is 2.00 bits per heavy atom. The lowest BCUT2D eigenvalue weighted by Gasteiger charge is -2.05. The monoisotopic (exact) mass is 310 g/mol. The third-order valence-electron chi connectivity index (χ3n) is 2.56. The van der Waals surface area contributed by atoms with E-state index in [1.807, 2.05) is 0 Å². The van der Waals surface area contributed by atoms with Crippen LogP contribution in [0.1, 0.15) is 12.5 Å². The number of carbonyl (C=O) groups excluding carboxylic acids is 1. The Kier molecular flexibility index (Phi) is 4.63. The Bertz CT molecular complexity index is 712. The molecule has 1 heterocycles. The van der Waals surface area contributed by atoms with Crippen LogP contribution in [0.25, 0.3) is 0 Å². The summed E-state index contributed by atoms with van der Waals surface area (Å²) in [6.45, 7) is 1.52. The van der Waals surface area contributed by atoms with Crippen LogP contribution in [0.3, 0.4) is 0 Å². The van der Waals surface area contributed by atoms with Crippen molar-refractivity contribution in [3.63, 3.8) is 0 Å². The van der Waals surface area contributed by atoms with Crippen molar-refractivity contribution in [3.8, 4) is 0 Å². The van der Waals surface area contributed by atoms with Gasteiger partial charge >= 0.3 is 5.97 Å². The maximum absolute atomic E-state index is 12.3. The van der Waals surface area contributed by atoms with Gasteiger partial charge in [-0.05, 0) is 22.9 Å². The zero-order valence-electron chi connectivity index (χ0n) is 11.3. The molecule has 2 rings (SSSR count). The number of aromatic nitrogens is 4. The normalized spacial score (nSPS) is 11.3. The second-order valence-electron chi connectivity index (χ2n) is 4.17. The van der Waals surface area contributed by atoms with Crippen LogP contribution in [-0.2, 0) is 31.7 Å². The third-order valence-corrected chi connectivity index (χ3v) is 4.12. The first-order chi connectivity index (χ1) is 10.0. The molecule has 1 aromatic carbocycles. The van der Waals surface area contributed by atoms with Gasteiger partial charge in [0.15, 0.2) is 0 Å². The first-order valence-electron chi connectivity index (χ1n) is 6.21. The highest BCUT2D eigenvalue weighted by molar-refractivity contribution is 7.90. The van der Waals surface area contributed by atoms with E-state index in [9.17, 15) is 13.2 Å². The van der Waals surface area contributed by atoms with Gasteiger partial charge in [0.1, 0.15) is 6.54 Å². The smallest absolute Gasteiger partial charge is 0.327 e. The number of sulfone groups is 1. The van der Waals surface area contributed by atoms with Crippen LogP contribution in [0.5, 0.6) is 0 Å². The van der Waals surface area contributed by atoms with E-state index < -0.39 is 15.8 Å². The molecule has 0 saturated heterocycles. The van der Waals surface area contributed by atoms with Crippen molar-refractivity contribution in [1.29, 1.82) is 0 Å².